The highest BCUT2D eigenvalue weighted by Gasteiger charge is 2.51. The van der Waals surface area contributed by atoms with Crippen molar-refractivity contribution in [3.8, 4) is 0 Å². The van der Waals surface area contributed by atoms with Gasteiger partial charge in [-0.25, -0.2) is 0 Å². The van der Waals surface area contributed by atoms with E-state index < -0.39 is 24.2 Å². The molecule has 25 heavy (non-hydrogen) atoms. The van der Waals surface area contributed by atoms with Crippen LogP contribution in [0.1, 0.15) is 21.7 Å². The Labute approximate surface area is 157 Å². The van der Waals surface area contributed by atoms with Gasteiger partial charge in [-0.2, -0.15) is 0 Å². The standard InChI is InChI=1S/C20H34N2Si3/c1-23(2,3)19(17-13-9-11-15-21-17)25(7,8)20(24(4,5)6)18-14-10-12-16-22-18/h9-16,19-20H,1-8H3/t19-,20+. The van der Waals surface area contributed by atoms with E-state index in [4.69, 9.17) is 9.97 Å². The first-order valence-electron chi connectivity index (χ1n) is 9.27. The minimum atomic E-state index is -1.72. The van der Waals surface area contributed by atoms with Gasteiger partial charge in [0.05, 0.1) is 24.2 Å². The van der Waals surface area contributed by atoms with Crippen molar-refractivity contribution in [2.24, 2.45) is 0 Å². The molecule has 0 fully saturated rings. The number of hydrogen-bond acceptors (Lipinski definition) is 2. The zero-order valence-corrected chi connectivity index (χ0v) is 20.2. The van der Waals surface area contributed by atoms with E-state index in [1.165, 1.54) is 11.4 Å². The highest BCUT2D eigenvalue weighted by Crippen LogP contribution is 2.45. The summed E-state index contributed by atoms with van der Waals surface area (Å²) in [5.74, 6) is 0. The normalized spacial score (nSPS) is 15.7. The molecule has 0 saturated carbocycles. The minimum Gasteiger partial charge on any atom is -0.262 e. The molecule has 0 amide bonds. The summed E-state index contributed by atoms with van der Waals surface area (Å²) >= 11 is 0. The van der Waals surface area contributed by atoms with Gasteiger partial charge >= 0.3 is 0 Å². The molecule has 2 atom stereocenters. The molecule has 0 aliphatic carbocycles. The van der Waals surface area contributed by atoms with Crippen molar-refractivity contribution in [3.05, 3.63) is 60.2 Å². The monoisotopic (exact) mass is 386 g/mol. The van der Waals surface area contributed by atoms with Crippen molar-refractivity contribution in [1.29, 1.82) is 0 Å². The Kier molecular flexibility index (Phi) is 5.91. The molecule has 0 bridgehead atoms. The second-order valence-electron chi connectivity index (χ2n) is 9.93. The summed E-state index contributed by atoms with van der Waals surface area (Å²) in [6.45, 7) is 20.3. The Morgan fingerprint density at radius 2 is 0.960 bits per heavy atom. The smallest absolute Gasteiger partial charge is 0.0611 e. The van der Waals surface area contributed by atoms with E-state index in [0.29, 0.717) is 10.3 Å². The lowest BCUT2D eigenvalue weighted by molar-refractivity contribution is 0.988. The van der Waals surface area contributed by atoms with Crippen LogP contribution in [0.3, 0.4) is 0 Å². The van der Waals surface area contributed by atoms with E-state index in [-0.39, 0.29) is 0 Å². The fourth-order valence-corrected chi connectivity index (χ4v) is 28.8. The molecule has 136 valence electrons. The largest absolute Gasteiger partial charge is 0.262 e. The lowest BCUT2D eigenvalue weighted by atomic mass is 10.4. The summed E-state index contributed by atoms with van der Waals surface area (Å²) in [6, 6.07) is 12.9. The molecule has 0 N–H and O–H groups in total. The summed E-state index contributed by atoms with van der Waals surface area (Å²) in [4.78, 5) is 9.67. The molecule has 0 aliphatic rings. The average molecular weight is 387 g/mol. The third kappa shape index (κ3) is 4.57. The molecular weight excluding hydrogens is 352 g/mol. The quantitative estimate of drug-likeness (QED) is 0.579. The first-order valence-corrected chi connectivity index (χ1v) is 19.6. The zero-order valence-electron chi connectivity index (χ0n) is 17.2. The van der Waals surface area contributed by atoms with Crippen LogP contribution >= 0.6 is 0 Å². The van der Waals surface area contributed by atoms with Gasteiger partial charge in [0.15, 0.2) is 0 Å². The average Bonchev–Trinajstić information content (AvgIpc) is 2.45. The Morgan fingerprint density at radius 1 is 0.600 bits per heavy atom. The van der Waals surface area contributed by atoms with Crippen LogP contribution in [-0.4, -0.2) is 34.2 Å². The van der Waals surface area contributed by atoms with Gasteiger partial charge < -0.3 is 0 Å². The molecule has 0 unspecified atom stereocenters. The van der Waals surface area contributed by atoms with E-state index in [1.54, 1.807) is 0 Å². The SMILES string of the molecule is C[Si](C)(C)[C@@H](c1ccccn1)[Si](C)(C)[C@@H](c1ccccn1)[Si](C)(C)C. The third-order valence-electron chi connectivity index (χ3n) is 5.19. The second-order valence-corrected chi connectivity index (χ2v) is 26.5. The van der Waals surface area contributed by atoms with Crippen LogP contribution in [-0.2, 0) is 0 Å². The van der Waals surface area contributed by atoms with Gasteiger partial charge in [0.25, 0.3) is 0 Å². The van der Waals surface area contributed by atoms with E-state index in [9.17, 15) is 0 Å². The maximum absolute atomic E-state index is 4.83. The van der Waals surface area contributed by atoms with Crippen molar-refractivity contribution in [3.63, 3.8) is 0 Å². The predicted octanol–water partition coefficient (Wildman–Crippen LogP) is 5.89. The van der Waals surface area contributed by atoms with Gasteiger partial charge in [0, 0.05) is 23.8 Å². The van der Waals surface area contributed by atoms with Crippen molar-refractivity contribution in [2.45, 2.75) is 62.7 Å². The van der Waals surface area contributed by atoms with Crippen molar-refractivity contribution in [2.75, 3.05) is 0 Å². The van der Waals surface area contributed by atoms with Gasteiger partial charge in [0.1, 0.15) is 0 Å². The molecule has 5 heteroatoms. The third-order valence-corrected chi connectivity index (χ3v) is 22.5. The Bertz CT molecular complexity index is 614. The van der Waals surface area contributed by atoms with Crippen molar-refractivity contribution >= 4 is 24.2 Å². The zero-order chi connectivity index (χ0) is 18.9. The first kappa shape index (κ1) is 20.3. The number of hydrogen-bond donors (Lipinski definition) is 0. The Hall–Kier alpha value is -1.05. The molecule has 0 aliphatic heterocycles. The molecule has 0 radical (unpaired) electrons. The summed E-state index contributed by atoms with van der Waals surface area (Å²) in [5, 5.41) is 1.25. The topological polar surface area (TPSA) is 25.8 Å². The maximum Gasteiger partial charge on any atom is 0.0611 e. The first-order chi connectivity index (χ1) is 11.5. The summed E-state index contributed by atoms with van der Waals surface area (Å²) in [7, 11) is -4.60. The number of aromatic nitrogens is 2. The Morgan fingerprint density at radius 3 is 1.20 bits per heavy atom. The second kappa shape index (κ2) is 7.29. The van der Waals surface area contributed by atoms with Gasteiger partial charge in [-0.05, 0) is 34.6 Å². The van der Waals surface area contributed by atoms with E-state index in [0.717, 1.165) is 0 Å². The van der Waals surface area contributed by atoms with Gasteiger partial charge in [0.2, 0.25) is 0 Å². The van der Waals surface area contributed by atoms with E-state index >= 15 is 0 Å². The predicted molar refractivity (Wildman–Crippen MR) is 118 cm³/mol. The van der Waals surface area contributed by atoms with E-state index in [1.807, 2.05) is 24.5 Å². The van der Waals surface area contributed by atoms with Crippen LogP contribution in [0.2, 0.25) is 52.4 Å². The molecule has 0 saturated heterocycles. The molecule has 2 nitrogen and oxygen atoms in total. The van der Waals surface area contributed by atoms with Crippen LogP contribution in [0.15, 0.2) is 48.8 Å². The molecule has 2 rings (SSSR count). The van der Waals surface area contributed by atoms with Gasteiger partial charge in [-0.15, -0.1) is 0 Å². The molecule has 2 aromatic heterocycles. The summed E-state index contributed by atoms with van der Waals surface area (Å²) < 4.78 is 0. The lowest BCUT2D eigenvalue weighted by Crippen LogP contribution is -2.58. The van der Waals surface area contributed by atoms with E-state index in [2.05, 4.69) is 76.6 Å². The lowest BCUT2D eigenvalue weighted by Gasteiger charge is -2.48. The van der Waals surface area contributed by atoms with Gasteiger partial charge in [-0.3, -0.25) is 9.97 Å². The maximum atomic E-state index is 4.83. The summed E-state index contributed by atoms with van der Waals surface area (Å²) in [6.07, 6.45) is 3.94. The molecule has 2 heterocycles. The highest BCUT2D eigenvalue weighted by atomic mass is 28.4. The fourth-order valence-electron chi connectivity index (χ4n) is 5.14. The number of rotatable bonds is 6. The molecule has 2 aromatic rings. The van der Waals surface area contributed by atoms with Gasteiger partial charge in [-0.1, -0.05) is 64.5 Å². The van der Waals surface area contributed by atoms with Crippen molar-refractivity contribution < 1.29 is 0 Å². The number of pyridine rings is 2. The molecule has 0 spiro atoms. The molecule has 0 aromatic carbocycles. The highest BCUT2D eigenvalue weighted by molar-refractivity contribution is 7.04. The number of nitrogens with zero attached hydrogens (tertiary/aromatic N) is 2. The minimum absolute atomic E-state index is 0.625. The van der Waals surface area contributed by atoms with Crippen LogP contribution < -0.4 is 0 Å². The van der Waals surface area contributed by atoms with Crippen LogP contribution in [0, 0.1) is 0 Å². The Balaban J connectivity index is 2.64. The van der Waals surface area contributed by atoms with Crippen LogP contribution in [0.5, 0.6) is 0 Å². The van der Waals surface area contributed by atoms with Crippen LogP contribution in [0.4, 0.5) is 0 Å². The summed E-state index contributed by atoms with van der Waals surface area (Å²) in [5.41, 5.74) is 2.63. The van der Waals surface area contributed by atoms with Crippen LogP contribution in [0.25, 0.3) is 0 Å². The molecular formula is C20H34N2Si3. The fraction of sp³-hybridized carbons (Fsp3) is 0.500. The van der Waals surface area contributed by atoms with Crippen molar-refractivity contribution in [1.82, 2.24) is 9.97 Å².